The van der Waals surface area contributed by atoms with Crippen molar-refractivity contribution in [2.75, 3.05) is 14.2 Å². The third-order valence-corrected chi connectivity index (χ3v) is 5.98. The number of hydrazone groups is 1. The second kappa shape index (κ2) is 10.8. The predicted octanol–water partition coefficient (Wildman–Crippen LogP) is 4.19. The summed E-state index contributed by atoms with van der Waals surface area (Å²) in [6.07, 6.45) is 1.76. The lowest BCUT2D eigenvalue weighted by Gasteiger charge is -2.35. The Balaban J connectivity index is 1.77. The van der Waals surface area contributed by atoms with Crippen LogP contribution in [0.5, 0.6) is 11.5 Å². The molecule has 35 heavy (non-hydrogen) atoms. The fourth-order valence-corrected chi connectivity index (χ4v) is 4.10. The van der Waals surface area contributed by atoms with Crippen molar-refractivity contribution in [3.05, 3.63) is 89.7 Å². The Morgan fingerprint density at radius 2 is 1.80 bits per heavy atom. The first-order valence-corrected chi connectivity index (χ1v) is 11.5. The molecule has 4 rings (SSSR count). The number of amides is 2. The topological polar surface area (TPSA) is 93.1 Å². The molecule has 8 nitrogen and oxygen atoms in total. The van der Waals surface area contributed by atoms with Crippen molar-refractivity contribution in [2.24, 2.45) is 11.0 Å². The second-order valence-electron chi connectivity index (χ2n) is 8.10. The van der Waals surface area contributed by atoms with Crippen molar-refractivity contribution in [3.63, 3.8) is 0 Å². The molecule has 3 aromatic rings. The summed E-state index contributed by atoms with van der Waals surface area (Å²) in [5.41, 5.74) is 2.57. The summed E-state index contributed by atoms with van der Waals surface area (Å²) in [5, 5.41) is 9.13. The zero-order valence-corrected chi connectivity index (χ0v) is 20.0. The van der Waals surface area contributed by atoms with Gasteiger partial charge in [-0.3, -0.25) is 14.6 Å². The normalized spacial score (nSPS) is 16.3. The maximum absolute atomic E-state index is 13.3. The number of aromatic nitrogens is 1. The van der Waals surface area contributed by atoms with Gasteiger partial charge in [-0.2, -0.15) is 5.10 Å². The van der Waals surface area contributed by atoms with Crippen molar-refractivity contribution in [1.29, 1.82) is 0 Å². The first kappa shape index (κ1) is 23.9. The highest BCUT2D eigenvalue weighted by atomic mass is 16.5. The number of ether oxygens (including phenoxy) is 2. The zero-order chi connectivity index (χ0) is 24.8. The monoisotopic (exact) mass is 472 g/mol. The van der Waals surface area contributed by atoms with Gasteiger partial charge < -0.3 is 14.8 Å². The smallest absolute Gasteiger partial charge is 0.271 e. The van der Waals surface area contributed by atoms with Gasteiger partial charge in [0.15, 0.2) is 17.7 Å². The quantitative estimate of drug-likeness (QED) is 0.531. The Labute approximate surface area is 204 Å². The average molecular weight is 473 g/mol. The minimum atomic E-state index is -0.800. The number of hydrogen-bond donors (Lipinski definition) is 1. The van der Waals surface area contributed by atoms with Crippen LogP contribution in [-0.2, 0) is 4.79 Å². The van der Waals surface area contributed by atoms with Crippen LogP contribution in [-0.4, -0.2) is 41.7 Å². The molecule has 1 aliphatic heterocycles. The van der Waals surface area contributed by atoms with Crippen LogP contribution in [0.2, 0.25) is 0 Å². The molecule has 1 aromatic heterocycles. The molecule has 0 bridgehead atoms. The molecule has 0 saturated carbocycles. The van der Waals surface area contributed by atoms with Crippen molar-refractivity contribution in [2.45, 2.75) is 25.9 Å². The first-order chi connectivity index (χ1) is 17.0. The lowest BCUT2D eigenvalue weighted by atomic mass is 9.89. The Kier molecular flexibility index (Phi) is 7.40. The van der Waals surface area contributed by atoms with Crippen LogP contribution >= 0.6 is 0 Å². The molecule has 0 saturated heterocycles. The SMILES string of the molecule is CCC1CC(=O)N(C(NC(=O)c2ccccn2)c2ccccc2)N=C1c1ccc(OC)c(OC)c1. The fraction of sp³-hybridized carbons (Fsp3) is 0.259. The van der Waals surface area contributed by atoms with Gasteiger partial charge in [-0.05, 0) is 42.3 Å². The van der Waals surface area contributed by atoms with E-state index in [-0.39, 0.29) is 23.9 Å². The van der Waals surface area contributed by atoms with Gasteiger partial charge >= 0.3 is 0 Å². The number of hydrogen-bond acceptors (Lipinski definition) is 6. The third-order valence-electron chi connectivity index (χ3n) is 5.98. The van der Waals surface area contributed by atoms with Gasteiger partial charge in [0.2, 0.25) is 5.91 Å². The first-order valence-electron chi connectivity index (χ1n) is 11.5. The van der Waals surface area contributed by atoms with Gasteiger partial charge in [0, 0.05) is 24.1 Å². The number of nitrogens with zero attached hydrogens (tertiary/aromatic N) is 3. The van der Waals surface area contributed by atoms with Gasteiger partial charge in [0.25, 0.3) is 5.91 Å². The number of carbonyl (C=O) groups is 2. The van der Waals surface area contributed by atoms with Crippen LogP contribution in [0.1, 0.15) is 47.5 Å². The maximum Gasteiger partial charge on any atom is 0.271 e. The number of carbonyl (C=O) groups excluding carboxylic acids is 2. The highest BCUT2D eigenvalue weighted by molar-refractivity contribution is 6.06. The molecule has 0 radical (unpaired) electrons. The van der Waals surface area contributed by atoms with E-state index in [2.05, 4.69) is 10.3 Å². The number of pyridine rings is 1. The van der Waals surface area contributed by atoms with Gasteiger partial charge in [-0.15, -0.1) is 0 Å². The van der Waals surface area contributed by atoms with Crippen LogP contribution in [0.15, 0.2) is 78.0 Å². The molecule has 0 fully saturated rings. The molecule has 180 valence electrons. The number of rotatable bonds is 8. The van der Waals surface area contributed by atoms with E-state index >= 15 is 0 Å². The van der Waals surface area contributed by atoms with Crippen LogP contribution in [0.3, 0.4) is 0 Å². The highest BCUT2D eigenvalue weighted by Crippen LogP contribution is 2.33. The van der Waals surface area contributed by atoms with E-state index in [0.29, 0.717) is 11.5 Å². The van der Waals surface area contributed by atoms with E-state index in [9.17, 15) is 9.59 Å². The van der Waals surface area contributed by atoms with Crippen molar-refractivity contribution < 1.29 is 19.1 Å². The minimum absolute atomic E-state index is 0.0697. The average Bonchev–Trinajstić information content (AvgIpc) is 2.92. The van der Waals surface area contributed by atoms with Gasteiger partial charge in [-0.25, -0.2) is 5.01 Å². The molecule has 0 spiro atoms. The van der Waals surface area contributed by atoms with E-state index < -0.39 is 12.1 Å². The van der Waals surface area contributed by atoms with Crippen LogP contribution in [0, 0.1) is 5.92 Å². The molecule has 2 unspecified atom stereocenters. The molecule has 2 amide bonds. The van der Waals surface area contributed by atoms with Crippen molar-refractivity contribution >= 4 is 17.5 Å². The Hall–Kier alpha value is -4.20. The predicted molar refractivity (Wildman–Crippen MR) is 132 cm³/mol. The lowest BCUT2D eigenvalue weighted by molar-refractivity contribution is -0.135. The largest absolute Gasteiger partial charge is 0.493 e. The molecule has 1 N–H and O–H groups in total. The van der Waals surface area contributed by atoms with E-state index in [1.54, 1.807) is 38.6 Å². The van der Waals surface area contributed by atoms with Gasteiger partial charge in [0.05, 0.1) is 19.9 Å². The number of benzene rings is 2. The molecule has 2 atom stereocenters. The standard InChI is InChI=1S/C27H28N4O4/c1-4-18-17-24(32)31(30-25(18)20-13-14-22(34-2)23(16-20)35-3)26(19-10-6-5-7-11-19)29-27(33)21-12-8-9-15-28-21/h5-16,18,26H,4,17H2,1-3H3,(H,29,33). The fourth-order valence-electron chi connectivity index (χ4n) is 4.10. The van der Waals surface area contributed by atoms with Gasteiger partial charge in [-0.1, -0.05) is 43.3 Å². The van der Waals surface area contributed by atoms with E-state index in [0.717, 1.165) is 23.3 Å². The molecule has 8 heteroatoms. The summed E-state index contributed by atoms with van der Waals surface area (Å²) < 4.78 is 10.8. The number of nitrogens with one attached hydrogen (secondary N) is 1. The summed E-state index contributed by atoms with van der Waals surface area (Å²) in [6.45, 7) is 2.03. The molecule has 2 aromatic carbocycles. The summed E-state index contributed by atoms with van der Waals surface area (Å²) in [5.74, 6) is 0.552. The summed E-state index contributed by atoms with van der Waals surface area (Å²) in [4.78, 5) is 30.5. The van der Waals surface area contributed by atoms with Gasteiger partial charge in [0.1, 0.15) is 5.69 Å². The molecular formula is C27H28N4O4. The summed E-state index contributed by atoms with van der Waals surface area (Å²) >= 11 is 0. The van der Waals surface area contributed by atoms with Crippen LogP contribution in [0.4, 0.5) is 0 Å². The Morgan fingerprint density at radius 1 is 1.06 bits per heavy atom. The number of methoxy groups -OCH3 is 2. The zero-order valence-electron chi connectivity index (χ0n) is 20.0. The molecule has 2 heterocycles. The molecular weight excluding hydrogens is 444 g/mol. The maximum atomic E-state index is 13.3. The third kappa shape index (κ3) is 5.16. The second-order valence-corrected chi connectivity index (χ2v) is 8.10. The molecule has 1 aliphatic rings. The summed E-state index contributed by atoms with van der Waals surface area (Å²) in [7, 11) is 3.16. The van der Waals surface area contributed by atoms with E-state index in [1.807, 2.05) is 55.5 Å². The van der Waals surface area contributed by atoms with E-state index in [4.69, 9.17) is 14.6 Å². The van der Waals surface area contributed by atoms with Crippen molar-refractivity contribution in [1.82, 2.24) is 15.3 Å². The lowest BCUT2D eigenvalue weighted by Crippen LogP contribution is -2.46. The highest BCUT2D eigenvalue weighted by Gasteiger charge is 2.35. The van der Waals surface area contributed by atoms with Crippen molar-refractivity contribution in [3.8, 4) is 11.5 Å². The summed E-state index contributed by atoms with van der Waals surface area (Å²) in [6, 6.07) is 20.0. The Morgan fingerprint density at radius 3 is 2.46 bits per heavy atom. The minimum Gasteiger partial charge on any atom is -0.493 e. The van der Waals surface area contributed by atoms with E-state index in [1.165, 1.54) is 5.01 Å². The Bertz CT molecular complexity index is 1210. The van der Waals surface area contributed by atoms with Crippen LogP contribution < -0.4 is 14.8 Å². The molecule has 0 aliphatic carbocycles. The van der Waals surface area contributed by atoms with Crippen LogP contribution in [0.25, 0.3) is 0 Å².